The number of imidazole rings is 1. The average molecular weight is 342 g/mol. The maximum Gasteiger partial charge on any atom is 0.228 e. The first-order chi connectivity index (χ1) is 12.7. The largest absolute Gasteiger partial charge is 0.338 e. The molecule has 0 saturated heterocycles. The molecule has 1 amide bonds. The second-order valence-corrected chi connectivity index (χ2v) is 6.26. The zero-order valence-electron chi connectivity index (χ0n) is 14.4. The molecule has 26 heavy (non-hydrogen) atoms. The van der Waals surface area contributed by atoms with Crippen molar-refractivity contribution >= 4 is 22.6 Å². The number of carbonyl (C=O) groups is 1. The highest BCUT2D eigenvalue weighted by atomic mass is 16.1. The normalized spacial score (nSPS) is 10.8. The number of nitrogens with zero attached hydrogens (tertiary/aromatic N) is 2. The van der Waals surface area contributed by atoms with Crippen molar-refractivity contribution in [3.63, 3.8) is 0 Å². The van der Waals surface area contributed by atoms with Gasteiger partial charge in [0, 0.05) is 23.6 Å². The first kappa shape index (κ1) is 16.0. The lowest BCUT2D eigenvalue weighted by atomic mass is 10.1. The van der Waals surface area contributed by atoms with Crippen LogP contribution in [-0.4, -0.2) is 20.9 Å². The fourth-order valence-electron chi connectivity index (χ4n) is 2.86. The summed E-state index contributed by atoms with van der Waals surface area (Å²) in [7, 11) is 0. The van der Waals surface area contributed by atoms with Crippen molar-refractivity contribution in [2.24, 2.45) is 0 Å². The van der Waals surface area contributed by atoms with Crippen LogP contribution in [0.1, 0.15) is 11.1 Å². The third kappa shape index (κ3) is 3.47. The van der Waals surface area contributed by atoms with Gasteiger partial charge in [-0.25, -0.2) is 4.98 Å². The standard InChI is InChI=1S/C21H18N4O/c1-14-2-7-18-19(12-14)25-21(24-18)16-3-5-17(6-4-16)23-20(26)13-15-8-10-22-11-9-15/h2-12H,13H2,1H3,(H,23,26)(H,24,25). The second kappa shape index (κ2) is 6.80. The molecule has 2 heterocycles. The number of aryl methyl sites for hydroxylation is 1. The van der Waals surface area contributed by atoms with E-state index in [1.165, 1.54) is 5.56 Å². The van der Waals surface area contributed by atoms with Crippen LogP contribution in [-0.2, 0) is 11.2 Å². The lowest BCUT2D eigenvalue weighted by Gasteiger charge is -2.06. The molecule has 0 bridgehead atoms. The first-order valence-corrected chi connectivity index (χ1v) is 8.43. The lowest BCUT2D eigenvalue weighted by molar-refractivity contribution is -0.115. The van der Waals surface area contributed by atoms with Gasteiger partial charge >= 0.3 is 0 Å². The summed E-state index contributed by atoms with van der Waals surface area (Å²) >= 11 is 0. The predicted octanol–water partition coefficient (Wildman–Crippen LogP) is 4.11. The molecule has 0 atom stereocenters. The highest BCUT2D eigenvalue weighted by Gasteiger charge is 2.07. The van der Waals surface area contributed by atoms with Gasteiger partial charge in [-0.1, -0.05) is 6.07 Å². The molecule has 0 saturated carbocycles. The highest BCUT2D eigenvalue weighted by molar-refractivity contribution is 5.92. The third-order valence-electron chi connectivity index (χ3n) is 4.19. The number of pyridine rings is 1. The summed E-state index contributed by atoms with van der Waals surface area (Å²) in [5.41, 5.74) is 5.84. The van der Waals surface area contributed by atoms with Crippen LogP contribution in [0.3, 0.4) is 0 Å². The minimum atomic E-state index is -0.0526. The second-order valence-electron chi connectivity index (χ2n) is 6.26. The number of carbonyl (C=O) groups excluding carboxylic acids is 1. The van der Waals surface area contributed by atoms with E-state index < -0.39 is 0 Å². The van der Waals surface area contributed by atoms with Crippen molar-refractivity contribution in [3.05, 3.63) is 78.1 Å². The lowest BCUT2D eigenvalue weighted by Crippen LogP contribution is -2.14. The number of hydrogen-bond acceptors (Lipinski definition) is 3. The van der Waals surface area contributed by atoms with E-state index in [1.807, 2.05) is 48.5 Å². The summed E-state index contributed by atoms with van der Waals surface area (Å²) in [5.74, 6) is 0.767. The van der Waals surface area contributed by atoms with Crippen LogP contribution < -0.4 is 5.32 Å². The van der Waals surface area contributed by atoms with E-state index in [0.29, 0.717) is 6.42 Å². The van der Waals surface area contributed by atoms with Crippen molar-refractivity contribution in [1.29, 1.82) is 0 Å². The summed E-state index contributed by atoms with van der Waals surface area (Å²) in [6.45, 7) is 2.06. The molecule has 5 nitrogen and oxygen atoms in total. The van der Waals surface area contributed by atoms with E-state index in [1.54, 1.807) is 12.4 Å². The van der Waals surface area contributed by atoms with Gasteiger partial charge in [0.05, 0.1) is 17.5 Å². The number of aromatic nitrogens is 3. The summed E-state index contributed by atoms with van der Waals surface area (Å²) in [6, 6.07) is 17.5. The van der Waals surface area contributed by atoms with Crippen molar-refractivity contribution in [2.45, 2.75) is 13.3 Å². The molecule has 0 aliphatic heterocycles. The molecule has 128 valence electrons. The number of anilines is 1. The van der Waals surface area contributed by atoms with Gasteiger partial charge in [0.25, 0.3) is 0 Å². The van der Waals surface area contributed by atoms with Crippen LogP contribution in [0.5, 0.6) is 0 Å². The quantitative estimate of drug-likeness (QED) is 0.586. The number of fused-ring (bicyclic) bond motifs is 1. The molecule has 0 spiro atoms. The summed E-state index contributed by atoms with van der Waals surface area (Å²) < 4.78 is 0. The van der Waals surface area contributed by atoms with Crippen LogP contribution in [0, 0.1) is 6.92 Å². The number of nitrogens with one attached hydrogen (secondary N) is 2. The number of benzene rings is 2. The fraction of sp³-hybridized carbons (Fsp3) is 0.0952. The number of rotatable bonds is 4. The molecular weight excluding hydrogens is 324 g/mol. The molecule has 4 rings (SSSR count). The van der Waals surface area contributed by atoms with E-state index in [0.717, 1.165) is 33.7 Å². The molecule has 2 N–H and O–H groups in total. The Morgan fingerprint density at radius 2 is 1.81 bits per heavy atom. The van der Waals surface area contributed by atoms with Gasteiger partial charge in [0.15, 0.2) is 0 Å². The van der Waals surface area contributed by atoms with Crippen molar-refractivity contribution in [3.8, 4) is 11.4 Å². The average Bonchev–Trinajstić information content (AvgIpc) is 3.06. The van der Waals surface area contributed by atoms with Crippen molar-refractivity contribution < 1.29 is 4.79 Å². The molecule has 2 aromatic carbocycles. The maximum absolute atomic E-state index is 12.1. The monoisotopic (exact) mass is 342 g/mol. The van der Waals surface area contributed by atoms with E-state index >= 15 is 0 Å². The summed E-state index contributed by atoms with van der Waals surface area (Å²) in [5, 5.41) is 2.91. The molecule has 5 heteroatoms. The van der Waals surface area contributed by atoms with Gasteiger partial charge in [0.2, 0.25) is 5.91 Å². The van der Waals surface area contributed by atoms with E-state index in [9.17, 15) is 4.79 Å². The Kier molecular flexibility index (Phi) is 4.19. The zero-order chi connectivity index (χ0) is 17.9. The molecule has 0 fully saturated rings. The van der Waals surface area contributed by atoms with Gasteiger partial charge in [-0.3, -0.25) is 9.78 Å². The van der Waals surface area contributed by atoms with Gasteiger partial charge in [-0.15, -0.1) is 0 Å². The molecular formula is C21H18N4O. The van der Waals surface area contributed by atoms with E-state index in [4.69, 9.17) is 0 Å². The van der Waals surface area contributed by atoms with Crippen LogP contribution in [0.2, 0.25) is 0 Å². The van der Waals surface area contributed by atoms with Crippen LogP contribution in [0.4, 0.5) is 5.69 Å². The SMILES string of the molecule is Cc1ccc2nc(-c3ccc(NC(=O)Cc4ccncc4)cc3)[nH]c2c1. The number of H-pyrrole nitrogens is 1. The summed E-state index contributed by atoms with van der Waals surface area (Å²) in [6.07, 6.45) is 3.70. The zero-order valence-corrected chi connectivity index (χ0v) is 14.4. The molecule has 2 aromatic heterocycles. The van der Waals surface area contributed by atoms with Crippen LogP contribution in [0.25, 0.3) is 22.4 Å². The Morgan fingerprint density at radius 3 is 2.58 bits per heavy atom. The Balaban J connectivity index is 1.48. The predicted molar refractivity (Wildman–Crippen MR) is 103 cm³/mol. The van der Waals surface area contributed by atoms with Gasteiger partial charge < -0.3 is 10.3 Å². The Morgan fingerprint density at radius 1 is 1.04 bits per heavy atom. The van der Waals surface area contributed by atoms with Gasteiger partial charge in [-0.2, -0.15) is 0 Å². The number of amides is 1. The van der Waals surface area contributed by atoms with E-state index in [-0.39, 0.29) is 5.91 Å². The third-order valence-corrected chi connectivity index (χ3v) is 4.19. The minimum absolute atomic E-state index is 0.0526. The summed E-state index contributed by atoms with van der Waals surface area (Å²) in [4.78, 5) is 24.1. The molecule has 0 unspecified atom stereocenters. The fourth-order valence-corrected chi connectivity index (χ4v) is 2.86. The molecule has 0 aliphatic rings. The molecule has 0 radical (unpaired) electrons. The number of aromatic amines is 1. The smallest absolute Gasteiger partial charge is 0.228 e. The Bertz CT molecular complexity index is 1050. The van der Waals surface area contributed by atoms with Gasteiger partial charge in [0.1, 0.15) is 5.82 Å². The van der Waals surface area contributed by atoms with Gasteiger partial charge in [-0.05, 0) is 66.6 Å². The topological polar surface area (TPSA) is 70.7 Å². The Hall–Kier alpha value is -3.47. The minimum Gasteiger partial charge on any atom is -0.338 e. The van der Waals surface area contributed by atoms with Crippen LogP contribution in [0.15, 0.2) is 67.0 Å². The number of hydrogen-bond donors (Lipinski definition) is 2. The highest BCUT2D eigenvalue weighted by Crippen LogP contribution is 2.22. The van der Waals surface area contributed by atoms with Crippen LogP contribution >= 0.6 is 0 Å². The molecule has 0 aliphatic carbocycles. The Labute approximate surface area is 151 Å². The first-order valence-electron chi connectivity index (χ1n) is 8.43. The maximum atomic E-state index is 12.1. The molecule has 4 aromatic rings. The van der Waals surface area contributed by atoms with Crippen molar-refractivity contribution in [2.75, 3.05) is 5.32 Å². The van der Waals surface area contributed by atoms with E-state index in [2.05, 4.69) is 33.3 Å². The van der Waals surface area contributed by atoms with Crippen molar-refractivity contribution in [1.82, 2.24) is 15.0 Å².